The van der Waals surface area contributed by atoms with Crippen LogP contribution in [0.3, 0.4) is 0 Å². The maximum Gasteiger partial charge on any atom is 0.0594 e. The van der Waals surface area contributed by atoms with Crippen LogP contribution in [0.5, 0.6) is 0 Å². The van der Waals surface area contributed by atoms with Crippen LogP contribution in [-0.4, -0.2) is 49.8 Å². The number of nitrogens with one attached hydrogen (secondary N) is 1. The first-order valence-corrected chi connectivity index (χ1v) is 6.46. The van der Waals surface area contributed by atoms with Gasteiger partial charge in [-0.05, 0) is 31.6 Å². The third-order valence-corrected chi connectivity index (χ3v) is 4.19. The van der Waals surface area contributed by atoms with Crippen molar-refractivity contribution >= 4 is 24.8 Å². The van der Waals surface area contributed by atoms with Crippen molar-refractivity contribution in [2.45, 2.75) is 37.8 Å². The molecule has 2 atom stereocenters. The standard InChI is InChI=1S/C12H22N2O.2ClH/c1-2-12-8-10(7-11(1)13-12)9-14-3-5-15-6-4-14;;/h10-13H,1-9H2;2*1H. The monoisotopic (exact) mass is 282 g/mol. The quantitative estimate of drug-likeness (QED) is 0.834. The van der Waals surface area contributed by atoms with Gasteiger partial charge in [0, 0.05) is 31.7 Å². The minimum atomic E-state index is 0. The molecule has 0 aromatic heterocycles. The molecule has 3 fully saturated rings. The van der Waals surface area contributed by atoms with Gasteiger partial charge in [-0.1, -0.05) is 0 Å². The Morgan fingerprint density at radius 1 is 1.00 bits per heavy atom. The van der Waals surface area contributed by atoms with Crippen LogP contribution in [-0.2, 0) is 4.74 Å². The molecule has 0 aromatic rings. The fraction of sp³-hybridized carbons (Fsp3) is 1.00. The van der Waals surface area contributed by atoms with Gasteiger partial charge in [-0.3, -0.25) is 4.90 Å². The third-order valence-electron chi connectivity index (χ3n) is 4.19. The van der Waals surface area contributed by atoms with Crippen molar-refractivity contribution in [3.8, 4) is 0 Å². The van der Waals surface area contributed by atoms with Crippen molar-refractivity contribution in [2.24, 2.45) is 5.92 Å². The van der Waals surface area contributed by atoms with Gasteiger partial charge in [0.25, 0.3) is 0 Å². The Kier molecular flexibility index (Phi) is 6.52. The highest BCUT2D eigenvalue weighted by atomic mass is 35.5. The number of piperidine rings is 1. The third kappa shape index (κ3) is 3.97. The van der Waals surface area contributed by atoms with Crippen molar-refractivity contribution in [2.75, 3.05) is 32.8 Å². The highest BCUT2D eigenvalue weighted by Crippen LogP contribution is 2.31. The number of hydrogen-bond acceptors (Lipinski definition) is 3. The van der Waals surface area contributed by atoms with Crippen LogP contribution in [0.4, 0.5) is 0 Å². The van der Waals surface area contributed by atoms with Gasteiger partial charge < -0.3 is 10.1 Å². The Balaban J connectivity index is 0.000000722. The second-order valence-corrected chi connectivity index (χ2v) is 5.39. The summed E-state index contributed by atoms with van der Waals surface area (Å²) in [5.74, 6) is 0.946. The maximum atomic E-state index is 5.39. The molecule has 17 heavy (non-hydrogen) atoms. The predicted molar refractivity (Wildman–Crippen MR) is 74.4 cm³/mol. The Hall–Kier alpha value is 0.460. The van der Waals surface area contributed by atoms with E-state index in [-0.39, 0.29) is 24.8 Å². The molecule has 5 heteroatoms. The highest BCUT2D eigenvalue weighted by Gasteiger charge is 2.34. The summed E-state index contributed by atoms with van der Waals surface area (Å²) in [4.78, 5) is 2.60. The second-order valence-electron chi connectivity index (χ2n) is 5.39. The molecular formula is C12H24Cl2N2O. The second kappa shape index (κ2) is 7.15. The Morgan fingerprint density at radius 2 is 1.59 bits per heavy atom. The average Bonchev–Trinajstić information content (AvgIpc) is 2.60. The van der Waals surface area contributed by atoms with Gasteiger partial charge in [-0.2, -0.15) is 0 Å². The molecule has 0 amide bonds. The van der Waals surface area contributed by atoms with Crippen molar-refractivity contribution < 1.29 is 4.74 Å². The number of ether oxygens (including phenoxy) is 1. The first kappa shape index (κ1) is 15.5. The van der Waals surface area contributed by atoms with Crippen molar-refractivity contribution in [1.82, 2.24) is 10.2 Å². The average molecular weight is 283 g/mol. The fourth-order valence-corrected chi connectivity index (χ4v) is 3.47. The summed E-state index contributed by atoms with van der Waals surface area (Å²) >= 11 is 0. The number of halogens is 2. The van der Waals surface area contributed by atoms with E-state index in [1.807, 2.05) is 0 Å². The molecule has 1 N–H and O–H groups in total. The molecular weight excluding hydrogens is 259 g/mol. The number of nitrogens with zero attached hydrogens (tertiary/aromatic N) is 1. The SMILES string of the molecule is C1CN(CC2CC3CCC(C2)N3)CCO1.Cl.Cl. The van der Waals surface area contributed by atoms with Crippen LogP contribution >= 0.6 is 24.8 Å². The van der Waals surface area contributed by atoms with E-state index in [4.69, 9.17) is 4.74 Å². The molecule has 102 valence electrons. The van der Waals surface area contributed by atoms with E-state index >= 15 is 0 Å². The summed E-state index contributed by atoms with van der Waals surface area (Å²) in [5.41, 5.74) is 0. The fourth-order valence-electron chi connectivity index (χ4n) is 3.47. The van der Waals surface area contributed by atoms with E-state index in [2.05, 4.69) is 10.2 Å². The van der Waals surface area contributed by atoms with Crippen LogP contribution in [0.15, 0.2) is 0 Å². The summed E-state index contributed by atoms with van der Waals surface area (Å²) in [7, 11) is 0. The van der Waals surface area contributed by atoms with Crippen LogP contribution < -0.4 is 5.32 Å². The van der Waals surface area contributed by atoms with Crippen LogP contribution in [0.1, 0.15) is 25.7 Å². The molecule has 2 bridgehead atoms. The van der Waals surface area contributed by atoms with Gasteiger partial charge in [0.2, 0.25) is 0 Å². The minimum absolute atomic E-state index is 0. The molecule has 3 aliphatic rings. The van der Waals surface area contributed by atoms with E-state index in [0.29, 0.717) is 0 Å². The Morgan fingerprint density at radius 3 is 2.18 bits per heavy atom. The van der Waals surface area contributed by atoms with Gasteiger partial charge in [-0.25, -0.2) is 0 Å². The van der Waals surface area contributed by atoms with E-state index in [1.165, 1.54) is 32.2 Å². The summed E-state index contributed by atoms with van der Waals surface area (Å²) in [6.45, 7) is 5.51. The largest absolute Gasteiger partial charge is 0.379 e. The molecule has 3 nitrogen and oxygen atoms in total. The van der Waals surface area contributed by atoms with E-state index in [9.17, 15) is 0 Å². The molecule has 3 rings (SSSR count). The van der Waals surface area contributed by atoms with Gasteiger partial charge in [0.05, 0.1) is 13.2 Å². The minimum Gasteiger partial charge on any atom is -0.379 e. The normalized spacial score (nSPS) is 37.1. The van der Waals surface area contributed by atoms with Gasteiger partial charge in [-0.15, -0.1) is 24.8 Å². The molecule has 3 saturated heterocycles. The zero-order valence-electron chi connectivity index (χ0n) is 10.3. The summed E-state index contributed by atoms with van der Waals surface area (Å²) < 4.78 is 5.39. The maximum absolute atomic E-state index is 5.39. The van der Waals surface area contributed by atoms with E-state index in [0.717, 1.165) is 44.3 Å². The summed E-state index contributed by atoms with van der Waals surface area (Å²) in [5, 5.41) is 3.71. The lowest BCUT2D eigenvalue weighted by Crippen LogP contribution is -2.45. The topological polar surface area (TPSA) is 24.5 Å². The van der Waals surface area contributed by atoms with Crippen molar-refractivity contribution in [3.05, 3.63) is 0 Å². The summed E-state index contributed by atoms with van der Waals surface area (Å²) in [6.07, 6.45) is 5.66. The molecule has 3 heterocycles. The Labute approximate surface area is 116 Å². The summed E-state index contributed by atoms with van der Waals surface area (Å²) in [6, 6.07) is 1.68. The van der Waals surface area contributed by atoms with Crippen molar-refractivity contribution in [3.63, 3.8) is 0 Å². The number of hydrogen-bond donors (Lipinski definition) is 1. The molecule has 0 aromatic carbocycles. The lowest BCUT2D eigenvalue weighted by molar-refractivity contribution is 0.0267. The predicted octanol–water partition coefficient (Wildman–Crippen LogP) is 1.69. The first-order chi connectivity index (χ1) is 7.40. The van der Waals surface area contributed by atoms with Crippen molar-refractivity contribution in [1.29, 1.82) is 0 Å². The highest BCUT2D eigenvalue weighted by molar-refractivity contribution is 5.85. The van der Waals surface area contributed by atoms with E-state index < -0.39 is 0 Å². The number of rotatable bonds is 2. The number of morpholine rings is 1. The lowest BCUT2D eigenvalue weighted by Gasteiger charge is -2.35. The first-order valence-electron chi connectivity index (χ1n) is 6.46. The molecule has 0 aliphatic carbocycles. The molecule has 0 saturated carbocycles. The number of fused-ring (bicyclic) bond motifs is 2. The van der Waals surface area contributed by atoms with Gasteiger partial charge >= 0.3 is 0 Å². The van der Waals surface area contributed by atoms with Crippen LogP contribution in [0.2, 0.25) is 0 Å². The molecule has 3 aliphatic heterocycles. The van der Waals surface area contributed by atoms with E-state index in [1.54, 1.807) is 0 Å². The van der Waals surface area contributed by atoms with Gasteiger partial charge in [0.15, 0.2) is 0 Å². The molecule has 2 unspecified atom stereocenters. The Bertz CT molecular complexity index is 213. The zero-order valence-corrected chi connectivity index (χ0v) is 11.9. The zero-order chi connectivity index (χ0) is 10.1. The molecule has 0 spiro atoms. The van der Waals surface area contributed by atoms with Gasteiger partial charge in [0.1, 0.15) is 0 Å². The molecule has 0 radical (unpaired) electrons. The van der Waals surface area contributed by atoms with Crippen LogP contribution in [0.25, 0.3) is 0 Å². The lowest BCUT2D eigenvalue weighted by atomic mass is 9.92. The van der Waals surface area contributed by atoms with Crippen LogP contribution in [0, 0.1) is 5.92 Å². The smallest absolute Gasteiger partial charge is 0.0594 e.